The Kier molecular flexibility index (Phi) is 5.59. The second kappa shape index (κ2) is 7.30. The van der Waals surface area contributed by atoms with Crippen molar-refractivity contribution in [1.29, 1.82) is 0 Å². The van der Waals surface area contributed by atoms with Crippen molar-refractivity contribution < 1.29 is 24.1 Å². The first-order chi connectivity index (χ1) is 11.2. The molecule has 2 atom stereocenters. The summed E-state index contributed by atoms with van der Waals surface area (Å²) < 4.78 is 16.1. The molecule has 134 valence electrons. The molecule has 0 spiro atoms. The van der Waals surface area contributed by atoms with Gasteiger partial charge in [-0.15, -0.1) is 0 Å². The third-order valence-corrected chi connectivity index (χ3v) is 4.07. The fourth-order valence-corrected chi connectivity index (χ4v) is 2.92. The summed E-state index contributed by atoms with van der Waals surface area (Å²) in [5, 5.41) is 10.6. The molecule has 6 heteroatoms. The molecule has 1 N–H and O–H groups in total. The number of rotatable bonds is 3. The average Bonchev–Trinajstić information content (AvgIpc) is 2.52. The second-order valence-corrected chi connectivity index (χ2v) is 7.00. The molecule has 2 unspecified atom stereocenters. The summed E-state index contributed by atoms with van der Waals surface area (Å²) >= 11 is 0. The van der Waals surface area contributed by atoms with E-state index in [1.807, 2.05) is 39.0 Å². The average molecular weight is 337 g/mol. The van der Waals surface area contributed by atoms with Gasteiger partial charge < -0.3 is 24.2 Å². The van der Waals surface area contributed by atoms with Gasteiger partial charge in [0.1, 0.15) is 17.1 Å². The topological polar surface area (TPSA) is 68.2 Å². The molecule has 1 saturated heterocycles. The van der Waals surface area contributed by atoms with Gasteiger partial charge in [0.2, 0.25) is 0 Å². The first-order valence-corrected chi connectivity index (χ1v) is 8.13. The minimum atomic E-state index is -0.688. The van der Waals surface area contributed by atoms with Crippen LogP contribution in [0.1, 0.15) is 38.7 Å². The molecule has 0 radical (unpaired) electrons. The van der Waals surface area contributed by atoms with Crippen LogP contribution in [0.5, 0.6) is 11.5 Å². The van der Waals surface area contributed by atoms with Gasteiger partial charge in [-0.3, -0.25) is 0 Å². The predicted molar refractivity (Wildman–Crippen MR) is 90.7 cm³/mol. The number of hydrogen-bond acceptors (Lipinski definition) is 5. The molecular formula is C18H27NO5. The summed E-state index contributed by atoms with van der Waals surface area (Å²) in [6.45, 7) is 6.25. The van der Waals surface area contributed by atoms with Gasteiger partial charge in [0.15, 0.2) is 0 Å². The molecule has 1 aromatic rings. The standard InChI is InChI=1S/C18H27NO5/c1-18(2,3)24-17(21)19-9-8-13(15(20)11-19)14-10-12(22-4)6-7-16(14)23-5/h6-7,10,13,15,20H,8-9,11H2,1-5H3. The van der Waals surface area contributed by atoms with E-state index in [9.17, 15) is 9.90 Å². The van der Waals surface area contributed by atoms with Crippen molar-refractivity contribution in [3.63, 3.8) is 0 Å². The fraction of sp³-hybridized carbons (Fsp3) is 0.611. The number of hydrogen-bond donors (Lipinski definition) is 1. The van der Waals surface area contributed by atoms with E-state index in [4.69, 9.17) is 14.2 Å². The van der Waals surface area contributed by atoms with Gasteiger partial charge in [-0.05, 0) is 45.4 Å². The van der Waals surface area contributed by atoms with E-state index in [0.29, 0.717) is 24.5 Å². The lowest BCUT2D eigenvalue weighted by Crippen LogP contribution is -2.47. The quantitative estimate of drug-likeness (QED) is 0.918. The van der Waals surface area contributed by atoms with Crippen molar-refractivity contribution in [1.82, 2.24) is 4.90 Å². The number of methoxy groups -OCH3 is 2. The Morgan fingerprint density at radius 2 is 1.96 bits per heavy atom. The predicted octanol–water partition coefficient (Wildman–Crippen LogP) is 2.79. The SMILES string of the molecule is COc1ccc(OC)c(C2CCN(C(=O)OC(C)(C)C)CC2O)c1. The van der Waals surface area contributed by atoms with Gasteiger partial charge in [-0.2, -0.15) is 0 Å². The van der Waals surface area contributed by atoms with E-state index >= 15 is 0 Å². The van der Waals surface area contributed by atoms with Gasteiger partial charge in [0.05, 0.1) is 26.9 Å². The van der Waals surface area contributed by atoms with Crippen LogP contribution in [0, 0.1) is 0 Å². The smallest absolute Gasteiger partial charge is 0.410 e. The number of carbonyl (C=O) groups is 1. The fourth-order valence-electron chi connectivity index (χ4n) is 2.92. The highest BCUT2D eigenvalue weighted by molar-refractivity contribution is 5.68. The lowest BCUT2D eigenvalue weighted by molar-refractivity contribution is -0.00171. The second-order valence-electron chi connectivity index (χ2n) is 7.00. The number of ether oxygens (including phenoxy) is 3. The zero-order valence-corrected chi connectivity index (χ0v) is 15.0. The van der Waals surface area contributed by atoms with Gasteiger partial charge in [-0.25, -0.2) is 4.79 Å². The first-order valence-electron chi connectivity index (χ1n) is 8.13. The monoisotopic (exact) mass is 337 g/mol. The molecule has 1 aliphatic heterocycles. The van der Waals surface area contributed by atoms with E-state index < -0.39 is 17.8 Å². The van der Waals surface area contributed by atoms with Crippen LogP contribution in [-0.2, 0) is 4.74 Å². The molecule has 0 aliphatic carbocycles. The molecule has 1 amide bonds. The van der Waals surface area contributed by atoms with Gasteiger partial charge in [-0.1, -0.05) is 0 Å². The largest absolute Gasteiger partial charge is 0.497 e. The van der Waals surface area contributed by atoms with Crippen molar-refractivity contribution in [2.75, 3.05) is 27.3 Å². The van der Waals surface area contributed by atoms with Gasteiger partial charge in [0, 0.05) is 18.0 Å². The highest BCUT2D eigenvalue weighted by atomic mass is 16.6. The van der Waals surface area contributed by atoms with E-state index in [1.165, 1.54) is 0 Å². The Morgan fingerprint density at radius 1 is 1.25 bits per heavy atom. The summed E-state index contributed by atoms with van der Waals surface area (Å²) in [5.74, 6) is 1.31. The number of β-amino-alcohol motifs (C(OH)–C–C–N with tert-alkyl or cyclic N) is 1. The normalized spacial score (nSPS) is 21.3. The third-order valence-electron chi connectivity index (χ3n) is 4.07. The van der Waals surface area contributed by atoms with Crippen LogP contribution >= 0.6 is 0 Å². The number of amides is 1. The van der Waals surface area contributed by atoms with Crippen LogP contribution in [0.2, 0.25) is 0 Å². The Bertz CT molecular complexity index is 581. The molecular weight excluding hydrogens is 310 g/mol. The Morgan fingerprint density at radius 3 is 2.50 bits per heavy atom. The van der Waals surface area contributed by atoms with Crippen molar-refractivity contribution in [3.8, 4) is 11.5 Å². The zero-order valence-electron chi connectivity index (χ0n) is 15.0. The van der Waals surface area contributed by atoms with E-state index in [1.54, 1.807) is 19.1 Å². The van der Waals surface area contributed by atoms with Crippen molar-refractivity contribution in [2.45, 2.75) is 44.8 Å². The van der Waals surface area contributed by atoms with Crippen molar-refractivity contribution in [3.05, 3.63) is 23.8 Å². The molecule has 1 aliphatic rings. The lowest BCUT2D eigenvalue weighted by atomic mass is 9.86. The molecule has 0 aromatic heterocycles. The summed E-state index contributed by atoms with van der Waals surface area (Å²) in [6.07, 6.45) is -0.450. The molecule has 6 nitrogen and oxygen atoms in total. The maximum absolute atomic E-state index is 12.2. The molecule has 24 heavy (non-hydrogen) atoms. The van der Waals surface area contributed by atoms with Crippen LogP contribution in [0.25, 0.3) is 0 Å². The number of aliphatic hydroxyl groups is 1. The molecule has 1 heterocycles. The highest BCUT2D eigenvalue weighted by Gasteiger charge is 2.34. The maximum Gasteiger partial charge on any atom is 0.410 e. The molecule has 2 rings (SSSR count). The number of carbonyl (C=O) groups excluding carboxylic acids is 1. The van der Waals surface area contributed by atoms with Gasteiger partial charge in [0.25, 0.3) is 0 Å². The third kappa shape index (κ3) is 4.32. The Balaban J connectivity index is 2.13. The van der Waals surface area contributed by atoms with E-state index in [2.05, 4.69) is 0 Å². The number of nitrogens with zero attached hydrogens (tertiary/aromatic N) is 1. The maximum atomic E-state index is 12.2. The van der Waals surface area contributed by atoms with E-state index in [0.717, 1.165) is 5.56 Å². The summed E-state index contributed by atoms with van der Waals surface area (Å²) in [6, 6.07) is 5.54. The van der Waals surface area contributed by atoms with Crippen LogP contribution in [0.15, 0.2) is 18.2 Å². The number of benzene rings is 1. The van der Waals surface area contributed by atoms with Crippen LogP contribution in [0.4, 0.5) is 4.79 Å². The summed E-state index contributed by atoms with van der Waals surface area (Å²) in [5.41, 5.74) is 0.350. The van der Waals surface area contributed by atoms with E-state index in [-0.39, 0.29) is 12.5 Å². The summed E-state index contributed by atoms with van der Waals surface area (Å²) in [7, 11) is 3.21. The van der Waals surface area contributed by atoms with Gasteiger partial charge >= 0.3 is 6.09 Å². The van der Waals surface area contributed by atoms with Crippen LogP contribution < -0.4 is 9.47 Å². The minimum Gasteiger partial charge on any atom is -0.497 e. The van der Waals surface area contributed by atoms with Crippen molar-refractivity contribution in [2.24, 2.45) is 0 Å². The Labute approximate surface area is 143 Å². The molecule has 0 bridgehead atoms. The molecule has 1 fully saturated rings. The summed E-state index contributed by atoms with van der Waals surface area (Å²) in [4.78, 5) is 13.7. The minimum absolute atomic E-state index is 0.117. The lowest BCUT2D eigenvalue weighted by Gasteiger charge is -2.37. The highest BCUT2D eigenvalue weighted by Crippen LogP contribution is 2.37. The molecule has 1 aromatic carbocycles. The Hall–Kier alpha value is -1.95. The van der Waals surface area contributed by atoms with Crippen LogP contribution in [-0.4, -0.2) is 55.1 Å². The van der Waals surface area contributed by atoms with Crippen molar-refractivity contribution >= 4 is 6.09 Å². The first kappa shape index (κ1) is 18.4. The van der Waals surface area contributed by atoms with Crippen LogP contribution in [0.3, 0.4) is 0 Å². The zero-order chi connectivity index (χ0) is 17.9. The number of likely N-dealkylation sites (tertiary alicyclic amines) is 1. The number of aliphatic hydroxyl groups excluding tert-OH is 1. The number of piperidine rings is 1. The molecule has 0 saturated carbocycles.